The number of thioether (sulfide) groups is 1. The monoisotopic (exact) mass is 401 g/mol. The van der Waals surface area contributed by atoms with E-state index in [1.165, 1.54) is 17.3 Å². The number of anilines is 1. The molecule has 0 fully saturated rings. The van der Waals surface area contributed by atoms with E-state index >= 15 is 0 Å². The molecule has 1 amide bonds. The molecule has 1 aromatic heterocycles. The summed E-state index contributed by atoms with van der Waals surface area (Å²) in [4.78, 5) is 12.4. The smallest absolute Gasteiger partial charge is 0.237 e. The van der Waals surface area contributed by atoms with Crippen LogP contribution < -0.4 is 5.32 Å². The first kappa shape index (κ1) is 19.4. The quantitative estimate of drug-likeness (QED) is 0.613. The molecule has 0 bridgehead atoms. The van der Waals surface area contributed by atoms with Gasteiger partial charge in [0.2, 0.25) is 11.1 Å². The molecule has 3 rings (SSSR count). The highest BCUT2D eigenvalue weighted by molar-refractivity contribution is 8.00. The van der Waals surface area contributed by atoms with E-state index in [0.717, 1.165) is 5.69 Å². The topological polar surface area (TPSA) is 72.7 Å². The fourth-order valence-corrected chi connectivity index (χ4v) is 3.34. The summed E-state index contributed by atoms with van der Waals surface area (Å²) < 4.78 is 1.64. The third-order valence-corrected chi connectivity index (χ3v) is 5.29. The number of amides is 1. The average Bonchev–Trinajstić information content (AvgIpc) is 3.11. The highest BCUT2D eigenvalue weighted by Gasteiger charge is 2.19. The van der Waals surface area contributed by atoms with Gasteiger partial charge < -0.3 is 5.32 Å². The second-order valence-electron chi connectivity index (χ2n) is 6.38. The van der Waals surface area contributed by atoms with Crippen LogP contribution >= 0.6 is 23.4 Å². The minimum Gasteiger partial charge on any atom is -0.325 e. The van der Waals surface area contributed by atoms with E-state index < -0.39 is 0 Å². The molecule has 0 aliphatic heterocycles. The molecule has 1 N–H and O–H groups in total. The molecule has 27 heavy (non-hydrogen) atoms. The summed E-state index contributed by atoms with van der Waals surface area (Å²) in [5, 5.41) is 15.5. The number of halogens is 1. The van der Waals surface area contributed by atoms with Crippen molar-refractivity contribution in [3.05, 3.63) is 59.1 Å². The van der Waals surface area contributed by atoms with Gasteiger partial charge in [-0.15, -0.1) is 5.10 Å². The number of benzene rings is 2. The van der Waals surface area contributed by atoms with Crippen molar-refractivity contribution in [3.8, 4) is 5.69 Å². The van der Waals surface area contributed by atoms with Crippen LogP contribution in [0.25, 0.3) is 5.69 Å². The molecule has 0 aliphatic carbocycles. The van der Waals surface area contributed by atoms with Crippen LogP contribution in [-0.2, 0) is 4.79 Å². The summed E-state index contributed by atoms with van der Waals surface area (Å²) in [5.74, 6) is 0.324. The highest BCUT2D eigenvalue weighted by Crippen LogP contribution is 2.25. The SMILES string of the molecule is CC(Sc1nnnn1-c1ccc(C(C)C)cc1)C(=O)Nc1ccc(Cl)cc1. The van der Waals surface area contributed by atoms with Gasteiger partial charge in [0, 0.05) is 10.7 Å². The largest absolute Gasteiger partial charge is 0.325 e. The van der Waals surface area contributed by atoms with Gasteiger partial charge in [0.1, 0.15) is 0 Å². The molecule has 6 nitrogen and oxygen atoms in total. The minimum absolute atomic E-state index is 0.132. The lowest BCUT2D eigenvalue weighted by molar-refractivity contribution is -0.115. The molecule has 3 aromatic rings. The highest BCUT2D eigenvalue weighted by atomic mass is 35.5. The number of aromatic nitrogens is 4. The molecule has 0 saturated heterocycles. The summed E-state index contributed by atoms with van der Waals surface area (Å²) >= 11 is 7.17. The number of nitrogens with one attached hydrogen (secondary N) is 1. The van der Waals surface area contributed by atoms with E-state index in [1.54, 1.807) is 28.9 Å². The van der Waals surface area contributed by atoms with E-state index in [0.29, 0.717) is 21.8 Å². The lowest BCUT2D eigenvalue weighted by Gasteiger charge is -2.12. The molecule has 1 atom stereocenters. The Kier molecular flexibility index (Phi) is 6.13. The standard InChI is InChI=1S/C19H20ClN5OS/c1-12(2)14-4-10-17(11-5-14)25-19(22-23-24-25)27-13(3)18(26)21-16-8-6-15(20)7-9-16/h4-13H,1-3H3,(H,21,26). The van der Waals surface area contributed by atoms with Crippen molar-refractivity contribution in [2.24, 2.45) is 0 Å². The average molecular weight is 402 g/mol. The van der Waals surface area contributed by atoms with Crippen LogP contribution in [0.3, 0.4) is 0 Å². The summed E-state index contributed by atoms with van der Waals surface area (Å²) in [5.41, 5.74) is 2.80. The summed E-state index contributed by atoms with van der Waals surface area (Å²) in [7, 11) is 0. The second kappa shape index (κ2) is 8.54. The number of nitrogens with zero attached hydrogens (tertiary/aromatic N) is 4. The number of tetrazole rings is 1. The van der Waals surface area contributed by atoms with Gasteiger partial charge in [-0.05, 0) is 65.2 Å². The molecule has 0 saturated carbocycles. The number of carbonyl (C=O) groups is 1. The molecule has 1 unspecified atom stereocenters. The van der Waals surface area contributed by atoms with Crippen molar-refractivity contribution in [1.29, 1.82) is 0 Å². The van der Waals surface area contributed by atoms with Gasteiger partial charge in [0.15, 0.2) is 0 Å². The molecule has 0 radical (unpaired) electrons. The van der Waals surface area contributed by atoms with Crippen molar-refractivity contribution >= 4 is 35.0 Å². The second-order valence-corrected chi connectivity index (χ2v) is 8.12. The Bertz CT molecular complexity index is 909. The fourth-order valence-electron chi connectivity index (χ4n) is 2.40. The van der Waals surface area contributed by atoms with E-state index in [4.69, 9.17) is 11.6 Å². The van der Waals surface area contributed by atoms with Crippen molar-refractivity contribution in [2.45, 2.75) is 37.1 Å². The molecular weight excluding hydrogens is 382 g/mol. The predicted molar refractivity (Wildman–Crippen MR) is 109 cm³/mol. The zero-order valence-electron chi connectivity index (χ0n) is 15.3. The molecule has 0 spiro atoms. The van der Waals surface area contributed by atoms with Crippen LogP contribution in [0.4, 0.5) is 5.69 Å². The first-order chi connectivity index (χ1) is 12.9. The lowest BCUT2D eigenvalue weighted by atomic mass is 10.0. The number of hydrogen-bond acceptors (Lipinski definition) is 5. The predicted octanol–water partition coefficient (Wildman–Crippen LogP) is 4.56. The van der Waals surface area contributed by atoms with Crippen molar-refractivity contribution < 1.29 is 4.79 Å². The van der Waals surface area contributed by atoms with Gasteiger partial charge in [0.05, 0.1) is 10.9 Å². The Morgan fingerprint density at radius 1 is 1.07 bits per heavy atom. The van der Waals surface area contributed by atoms with Crippen LogP contribution in [0.5, 0.6) is 0 Å². The number of carbonyl (C=O) groups excluding carboxylic acids is 1. The number of rotatable bonds is 6. The minimum atomic E-state index is -0.375. The van der Waals surface area contributed by atoms with Gasteiger partial charge in [-0.3, -0.25) is 4.79 Å². The Labute approximate surface area is 167 Å². The van der Waals surface area contributed by atoms with Gasteiger partial charge in [-0.25, -0.2) is 0 Å². The van der Waals surface area contributed by atoms with Crippen LogP contribution in [0, 0.1) is 0 Å². The maximum Gasteiger partial charge on any atom is 0.237 e. The van der Waals surface area contributed by atoms with E-state index in [1.807, 2.05) is 19.1 Å². The Balaban J connectivity index is 1.69. The van der Waals surface area contributed by atoms with E-state index in [2.05, 4.69) is 46.8 Å². The van der Waals surface area contributed by atoms with E-state index in [-0.39, 0.29) is 11.2 Å². The number of hydrogen-bond donors (Lipinski definition) is 1. The van der Waals surface area contributed by atoms with Gasteiger partial charge in [0.25, 0.3) is 0 Å². The van der Waals surface area contributed by atoms with Crippen LogP contribution in [0.1, 0.15) is 32.3 Å². The maximum absolute atomic E-state index is 12.4. The van der Waals surface area contributed by atoms with Crippen LogP contribution in [0.2, 0.25) is 5.02 Å². The van der Waals surface area contributed by atoms with Crippen LogP contribution in [0.15, 0.2) is 53.7 Å². The maximum atomic E-state index is 12.4. The van der Waals surface area contributed by atoms with Gasteiger partial charge >= 0.3 is 0 Å². The molecular formula is C19H20ClN5OS. The summed E-state index contributed by atoms with van der Waals surface area (Å²) in [6.45, 7) is 6.11. The van der Waals surface area contributed by atoms with Gasteiger partial charge in [-0.1, -0.05) is 49.3 Å². The third-order valence-electron chi connectivity index (χ3n) is 4.01. The summed E-state index contributed by atoms with van der Waals surface area (Å²) in [6.07, 6.45) is 0. The van der Waals surface area contributed by atoms with Crippen molar-refractivity contribution in [1.82, 2.24) is 20.2 Å². The molecule has 140 valence electrons. The Hall–Kier alpha value is -2.38. The Morgan fingerprint density at radius 3 is 2.37 bits per heavy atom. The first-order valence-corrected chi connectivity index (χ1v) is 9.81. The molecule has 2 aromatic carbocycles. The fraction of sp³-hybridized carbons (Fsp3) is 0.263. The summed E-state index contributed by atoms with van der Waals surface area (Å²) in [6, 6.07) is 15.1. The lowest BCUT2D eigenvalue weighted by Crippen LogP contribution is -2.22. The first-order valence-electron chi connectivity index (χ1n) is 8.56. The zero-order chi connectivity index (χ0) is 19.4. The Morgan fingerprint density at radius 2 is 1.74 bits per heavy atom. The van der Waals surface area contributed by atoms with Crippen LogP contribution in [-0.4, -0.2) is 31.4 Å². The van der Waals surface area contributed by atoms with E-state index in [9.17, 15) is 4.79 Å². The van der Waals surface area contributed by atoms with Gasteiger partial charge in [-0.2, -0.15) is 4.68 Å². The molecule has 0 aliphatic rings. The molecule has 8 heteroatoms. The molecule has 1 heterocycles. The van der Waals surface area contributed by atoms with Crippen molar-refractivity contribution in [2.75, 3.05) is 5.32 Å². The third kappa shape index (κ3) is 4.87. The van der Waals surface area contributed by atoms with Crippen molar-refractivity contribution in [3.63, 3.8) is 0 Å². The zero-order valence-corrected chi connectivity index (χ0v) is 16.8. The normalized spacial score (nSPS) is 12.2.